The summed E-state index contributed by atoms with van der Waals surface area (Å²) in [5.41, 5.74) is 1.33. The standard InChI is InChI=1S/C17H28N4O2/c1-4-5-7-10-18-16(22)14-13-9-6-8-11-21(13)15(20-14)17(23)19-12(2)3/h12H,4-11H2,1-3H3,(H,18,22)(H,19,23). The molecule has 1 aromatic rings. The Kier molecular flexibility index (Phi) is 6.19. The summed E-state index contributed by atoms with van der Waals surface area (Å²) in [6.45, 7) is 7.38. The molecule has 0 aliphatic carbocycles. The molecule has 0 saturated carbocycles. The number of carbonyl (C=O) groups is 2. The van der Waals surface area contributed by atoms with Crippen LogP contribution >= 0.6 is 0 Å². The molecule has 6 nitrogen and oxygen atoms in total. The maximum atomic E-state index is 12.4. The number of nitrogens with one attached hydrogen (secondary N) is 2. The van der Waals surface area contributed by atoms with Crippen molar-refractivity contribution in [3.05, 3.63) is 17.2 Å². The summed E-state index contributed by atoms with van der Waals surface area (Å²) in [5, 5.41) is 5.80. The molecule has 6 heteroatoms. The molecular formula is C17H28N4O2. The van der Waals surface area contributed by atoms with Gasteiger partial charge in [0.25, 0.3) is 11.8 Å². The number of aromatic nitrogens is 2. The largest absolute Gasteiger partial charge is 0.351 e. The quantitative estimate of drug-likeness (QED) is 0.757. The number of hydrogen-bond acceptors (Lipinski definition) is 3. The minimum absolute atomic E-state index is 0.0466. The molecule has 0 fully saturated rings. The Morgan fingerprint density at radius 1 is 1.22 bits per heavy atom. The average Bonchev–Trinajstić information content (AvgIpc) is 2.90. The van der Waals surface area contributed by atoms with E-state index in [1.165, 1.54) is 0 Å². The summed E-state index contributed by atoms with van der Waals surface area (Å²) in [4.78, 5) is 29.1. The van der Waals surface area contributed by atoms with Gasteiger partial charge in [-0.2, -0.15) is 0 Å². The highest BCUT2D eigenvalue weighted by Gasteiger charge is 2.27. The summed E-state index contributed by atoms with van der Waals surface area (Å²) in [5.74, 6) is 0.00985. The van der Waals surface area contributed by atoms with Crippen LogP contribution in [-0.2, 0) is 13.0 Å². The molecule has 0 radical (unpaired) electrons. The summed E-state index contributed by atoms with van der Waals surface area (Å²) < 4.78 is 1.92. The van der Waals surface area contributed by atoms with E-state index in [-0.39, 0.29) is 17.9 Å². The predicted octanol–water partition coefficient (Wildman–Crippen LogP) is 2.28. The predicted molar refractivity (Wildman–Crippen MR) is 89.6 cm³/mol. The fourth-order valence-corrected chi connectivity index (χ4v) is 2.89. The van der Waals surface area contributed by atoms with E-state index in [4.69, 9.17) is 0 Å². The van der Waals surface area contributed by atoms with Gasteiger partial charge in [0.05, 0.1) is 5.69 Å². The van der Waals surface area contributed by atoms with Gasteiger partial charge in [0.15, 0.2) is 5.82 Å². The first kappa shape index (κ1) is 17.5. The van der Waals surface area contributed by atoms with Gasteiger partial charge in [-0.15, -0.1) is 0 Å². The topological polar surface area (TPSA) is 76.0 Å². The van der Waals surface area contributed by atoms with E-state index in [1.54, 1.807) is 0 Å². The second kappa shape index (κ2) is 8.13. The van der Waals surface area contributed by atoms with E-state index in [1.807, 2.05) is 18.4 Å². The highest BCUT2D eigenvalue weighted by atomic mass is 16.2. The molecule has 1 aliphatic heterocycles. The lowest BCUT2D eigenvalue weighted by atomic mass is 10.1. The lowest BCUT2D eigenvalue weighted by molar-refractivity contribution is 0.0927. The molecule has 2 amide bonds. The van der Waals surface area contributed by atoms with Crippen molar-refractivity contribution in [2.24, 2.45) is 0 Å². The van der Waals surface area contributed by atoms with Crippen LogP contribution in [0.15, 0.2) is 0 Å². The zero-order valence-corrected chi connectivity index (χ0v) is 14.4. The molecule has 2 rings (SSSR count). The van der Waals surface area contributed by atoms with Crippen molar-refractivity contribution in [1.82, 2.24) is 20.2 Å². The van der Waals surface area contributed by atoms with Crippen LogP contribution in [-0.4, -0.2) is 34.0 Å². The number of fused-ring (bicyclic) bond motifs is 1. The number of carbonyl (C=O) groups excluding carboxylic acids is 2. The third-order valence-corrected chi connectivity index (χ3v) is 4.02. The number of hydrogen-bond donors (Lipinski definition) is 2. The zero-order valence-electron chi connectivity index (χ0n) is 14.4. The first-order chi connectivity index (χ1) is 11.0. The Morgan fingerprint density at radius 2 is 2.00 bits per heavy atom. The summed E-state index contributed by atoms with van der Waals surface area (Å²) in [6.07, 6.45) is 6.05. The van der Waals surface area contributed by atoms with Gasteiger partial charge in [-0.3, -0.25) is 9.59 Å². The summed E-state index contributed by atoms with van der Waals surface area (Å²) >= 11 is 0. The Labute approximate surface area is 138 Å². The zero-order chi connectivity index (χ0) is 16.8. The minimum atomic E-state index is -0.201. The Bertz CT molecular complexity index is 563. The number of rotatable bonds is 7. The van der Waals surface area contributed by atoms with Gasteiger partial charge in [0.2, 0.25) is 0 Å². The molecule has 0 spiro atoms. The van der Waals surface area contributed by atoms with E-state index in [2.05, 4.69) is 22.5 Å². The number of unbranched alkanes of at least 4 members (excludes halogenated alkanes) is 2. The molecule has 0 unspecified atom stereocenters. The van der Waals surface area contributed by atoms with Crippen molar-refractivity contribution >= 4 is 11.8 Å². The van der Waals surface area contributed by atoms with Crippen LogP contribution in [0.5, 0.6) is 0 Å². The van der Waals surface area contributed by atoms with Crippen LogP contribution < -0.4 is 10.6 Å². The number of imidazole rings is 1. The van der Waals surface area contributed by atoms with Crippen LogP contribution in [0.1, 0.15) is 79.7 Å². The minimum Gasteiger partial charge on any atom is -0.351 e. The third kappa shape index (κ3) is 4.33. The van der Waals surface area contributed by atoms with Crippen LogP contribution in [0.2, 0.25) is 0 Å². The number of amides is 2. The van der Waals surface area contributed by atoms with Crippen molar-refractivity contribution in [3.63, 3.8) is 0 Å². The Hall–Kier alpha value is -1.85. The van der Waals surface area contributed by atoms with Gasteiger partial charge in [-0.05, 0) is 39.5 Å². The normalized spacial score (nSPS) is 13.7. The van der Waals surface area contributed by atoms with Gasteiger partial charge in [0, 0.05) is 19.1 Å². The van der Waals surface area contributed by atoms with Gasteiger partial charge >= 0.3 is 0 Å². The van der Waals surface area contributed by atoms with Crippen molar-refractivity contribution in [1.29, 1.82) is 0 Å². The molecule has 2 N–H and O–H groups in total. The average molecular weight is 320 g/mol. The highest BCUT2D eigenvalue weighted by molar-refractivity contribution is 5.97. The molecular weight excluding hydrogens is 292 g/mol. The van der Waals surface area contributed by atoms with E-state index >= 15 is 0 Å². The molecule has 1 aromatic heterocycles. The molecule has 0 atom stereocenters. The molecule has 0 saturated heterocycles. The SMILES string of the molecule is CCCCCNC(=O)c1nc(C(=O)NC(C)C)n2c1CCCC2. The first-order valence-corrected chi connectivity index (χ1v) is 8.73. The van der Waals surface area contributed by atoms with Crippen LogP contribution in [0.4, 0.5) is 0 Å². The van der Waals surface area contributed by atoms with Crippen molar-refractivity contribution in [3.8, 4) is 0 Å². The maximum absolute atomic E-state index is 12.4. The van der Waals surface area contributed by atoms with Crippen molar-refractivity contribution in [2.45, 2.75) is 71.9 Å². The Balaban J connectivity index is 2.17. The fourth-order valence-electron chi connectivity index (χ4n) is 2.89. The van der Waals surface area contributed by atoms with Gasteiger partial charge in [-0.25, -0.2) is 4.98 Å². The van der Waals surface area contributed by atoms with Gasteiger partial charge in [0.1, 0.15) is 5.69 Å². The second-order valence-electron chi connectivity index (χ2n) is 6.43. The van der Waals surface area contributed by atoms with E-state index < -0.39 is 0 Å². The third-order valence-electron chi connectivity index (χ3n) is 4.02. The molecule has 0 bridgehead atoms. The smallest absolute Gasteiger partial charge is 0.287 e. The van der Waals surface area contributed by atoms with Crippen molar-refractivity contribution < 1.29 is 9.59 Å². The van der Waals surface area contributed by atoms with E-state index in [0.717, 1.165) is 50.8 Å². The van der Waals surface area contributed by atoms with Crippen LogP contribution in [0.25, 0.3) is 0 Å². The fraction of sp³-hybridized carbons (Fsp3) is 0.706. The lowest BCUT2D eigenvalue weighted by Crippen LogP contribution is -2.33. The Morgan fingerprint density at radius 3 is 2.70 bits per heavy atom. The molecule has 2 heterocycles. The van der Waals surface area contributed by atoms with Crippen LogP contribution in [0.3, 0.4) is 0 Å². The van der Waals surface area contributed by atoms with E-state index in [9.17, 15) is 9.59 Å². The highest BCUT2D eigenvalue weighted by Crippen LogP contribution is 2.21. The molecule has 0 aromatic carbocycles. The summed E-state index contributed by atoms with van der Waals surface area (Å²) in [6, 6.07) is 0.0466. The monoisotopic (exact) mass is 320 g/mol. The second-order valence-corrected chi connectivity index (χ2v) is 6.43. The van der Waals surface area contributed by atoms with Gasteiger partial charge < -0.3 is 15.2 Å². The van der Waals surface area contributed by atoms with Crippen LogP contribution in [0, 0.1) is 0 Å². The number of nitrogens with zero attached hydrogens (tertiary/aromatic N) is 2. The molecule has 1 aliphatic rings. The lowest BCUT2D eigenvalue weighted by Gasteiger charge is -2.17. The van der Waals surface area contributed by atoms with Gasteiger partial charge in [-0.1, -0.05) is 19.8 Å². The van der Waals surface area contributed by atoms with E-state index in [0.29, 0.717) is 18.1 Å². The molecule has 128 valence electrons. The van der Waals surface area contributed by atoms with Crippen molar-refractivity contribution in [2.75, 3.05) is 6.54 Å². The summed E-state index contributed by atoms with van der Waals surface area (Å²) in [7, 11) is 0. The first-order valence-electron chi connectivity index (χ1n) is 8.73. The molecule has 23 heavy (non-hydrogen) atoms. The maximum Gasteiger partial charge on any atom is 0.287 e.